The molecule has 2 fully saturated rings. The lowest BCUT2D eigenvalue weighted by molar-refractivity contribution is -0.222. The summed E-state index contributed by atoms with van der Waals surface area (Å²) in [7, 11) is 0. The van der Waals surface area contributed by atoms with E-state index in [1.807, 2.05) is 24.3 Å². The second kappa shape index (κ2) is 11.7. The molecule has 0 radical (unpaired) electrons. The number of rotatable bonds is 0. The number of carbonyl (C=O) groups excluding carboxylic acids is 4. The summed E-state index contributed by atoms with van der Waals surface area (Å²) in [6.07, 6.45) is 3.13. The summed E-state index contributed by atoms with van der Waals surface area (Å²) >= 11 is 0. The molecule has 6 atom stereocenters. The third-order valence-corrected chi connectivity index (χ3v) is 11.2. The Morgan fingerprint density at radius 2 is 0.920 bits per heavy atom. The lowest BCUT2D eigenvalue weighted by atomic mass is 9.51. The van der Waals surface area contributed by atoms with Gasteiger partial charge in [0.1, 0.15) is 47.4 Å². The molecule has 4 bridgehead atoms. The van der Waals surface area contributed by atoms with Gasteiger partial charge in [-0.15, -0.1) is 0 Å². The van der Waals surface area contributed by atoms with Gasteiger partial charge in [0.15, 0.2) is 0 Å². The largest absolute Gasteiger partial charge is 0.495 e. The first-order valence-corrected chi connectivity index (χ1v) is 17.0. The van der Waals surface area contributed by atoms with Crippen LogP contribution in [0.25, 0.3) is 0 Å². The van der Waals surface area contributed by atoms with Crippen LogP contribution < -0.4 is 9.47 Å². The topological polar surface area (TPSA) is 133 Å². The Kier molecular flexibility index (Phi) is 7.93. The van der Waals surface area contributed by atoms with Crippen molar-refractivity contribution in [1.82, 2.24) is 0 Å². The summed E-state index contributed by atoms with van der Waals surface area (Å²) in [5.41, 5.74) is -2.29. The third kappa shape index (κ3) is 5.46. The quantitative estimate of drug-likeness (QED) is 0.263. The van der Waals surface area contributed by atoms with Crippen LogP contribution in [0.15, 0.2) is 72.2 Å². The Labute approximate surface area is 290 Å². The Morgan fingerprint density at radius 1 is 0.540 bits per heavy atom. The average molecular weight is 687 g/mol. The summed E-state index contributed by atoms with van der Waals surface area (Å²) in [5.74, 6) is -1.55. The Balaban J connectivity index is 1.17. The average Bonchev–Trinajstić information content (AvgIpc) is 3.02. The summed E-state index contributed by atoms with van der Waals surface area (Å²) in [6, 6.07) is 14.8. The molecule has 2 aliphatic carbocycles. The molecule has 50 heavy (non-hydrogen) atoms. The smallest absolute Gasteiger partial charge is 0.334 e. The fraction of sp³-hybridized carbons (Fsp3) is 0.487. The fourth-order valence-electron chi connectivity index (χ4n) is 8.95. The zero-order valence-electron chi connectivity index (χ0n) is 29.2. The van der Waals surface area contributed by atoms with E-state index in [0.29, 0.717) is 23.0 Å². The van der Waals surface area contributed by atoms with Crippen molar-refractivity contribution in [2.24, 2.45) is 22.7 Å². The molecule has 11 nitrogen and oxygen atoms in total. The van der Waals surface area contributed by atoms with E-state index >= 15 is 0 Å². The number of fused-ring (bicyclic) bond motifs is 2. The standard InChI is InChI=1S/C39H42O11/c1-35(2)23-7-11-25(12-8-23)47-33(42)36(3)21-38(5)31(36)27(19-29(40)49-38)45-17-15-44-16-18-46-28-20-30(41)50-39(6)22-37(4,32(28)39)34(43)48-26-13-9-24(35)10-14-26/h7-14,19-20,31-32H,15-18,21-22H2,1-6H3. The predicted molar refractivity (Wildman–Crippen MR) is 177 cm³/mol. The van der Waals surface area contributed by atoms with E-state index in [1.54, 1.807) is 52.0 Å². The molecule has 0 amide bonds. The van der Waals surface area contributed by atoms with E-state index in [4.69, 9.17) is 33.2 Å². The van der Waals surface area contributed by atoms with Crippen molar-refractivity contribution in [2.75, 3.05) is 26.4 Å². The molecule has 0 spiro atoms. The monoisotopic (exact) mass is 686 g/mol. The third-order valence-electron chi connectivity index (χ3n) is 11.2. The second-order valence-electron chi connectivity index (χ2n) is 15.4. The highest BCUT2D eigenvalue weighted by atomic mass is 16.6. The summed E-state index contributed by atoms with van der Waals surface area (Å²) in [4.78, 5) is 52.3. The van der Waals surface area contributed by atoms with Gasteiger partial charge in [0, 0.05) is 18.3 Å². The molecule has 264 valence electrons. The molecule has 0 aromatic heterocycles. The number of benzene rings is 2. The molecule has 0 N–H and O–H groups in total. The summed E-state index contributed by atoms with van der Waals surface area (Å²) in [5, 5.41) is 0. The number of hydrogen-bond acceptors (Lipinski definition) is 11. The van der Waals surface area contributed by atoms with Crippen LogP contribution in [0, 0.1) is 22.7 Å². The zero-order valence-corrected chi connectivity index (χ0v) is 29.2. The summed E-state index contributed by atoms with van der Waals surface area (Å²) < 4.78 is 40.9. The molecule has 5 heterocycles. The Hall–Kier alpha value is -4.64. The molecule has 9 rings (SSSR count). The van der Waals surface area contributed by atoms with Gasteiger partial charge in [-0.3, -0.25) is 9.59 Å². The van der Waals surface area contributed by atoms with Gasteiger partial charge in [-0.1, -0.05) is 38.1 Å². The van der Waals surface area contributed by atoms with Gasteiger partial charge in [0.25, 0.3) is 0 Å². The lowest BCUT2D eigenvalue weighted by Gasteiger charge is -2.58. The van der Waals surface area contributed by atoms with Crippen LogP contribution in [0.1, 0.15) is 65.5 Å². The van der Waals surface area contributed by atoms with Gasteiger partial charge in [-0.2, -0.15) is 0 Å². The van der Waals surface area contributed by atoms with Gasteiger partial charge in [-0.05, 0) is 63.1 Å². The van der Waals surface area contributed by atoms with Gasteiger partial charge >= 0.3 is 23.9 Å². The predicted octanol–water partition coefficient (Wildman–Crippen LogP) is 5.34. The first-order valence-electron chi connectivity index (χ1n) is 17.0. The van der Waals surface area contributed by atoms with Crippen LogP contribution in [0.2, 0.25) is 0 Å². The van der Waals surface area contributed by atoms with Crippen molar-refractivity contribution in [2.45, 2.75) is 71.0 Å². The van der Waals surface area contributed by atoms with Crippen LogP contribution >= 0.6 is 0 Å². The first kappa shape index (κ1) is 33.8. The second-order valence-corrected chi connectivity index (χ2v) is 15.4. The van der Waals surface area contributed by atoms with Crippen LogP contribution in [0.5, 0.6) is 11.5 Å². The van der Waals surface area contributed by atoms with E-state index in [2.05, 4.69) is 13.8 Å². The fourth-order valence-corrected chi connectivity index (χ4v) is 8.95. The molecule has 11 heteroatoms. The Morgan fingerprint density at radius 3 is 1.30 bits per heavy atom. The molecular formula is C39H42O11. The van der Waals surface area contributed by atoms with Crippen molar-refractivity contribution in [3.63, 3.8) is 0 Å². The van der Waals surface area contributed by atoms with Gasteiger partial charge in [0.05, 0.1) is 48.0 Å². The van der Waals surface area contributed by atoms with E-state index < -0.39 is 63.2 Å². The maximum absolute atomic E-state index is 13.7. The molecule has 2 saturated carbocycles. The first-order chi connectivity index (χ1) is 23.6. The van der Waals surface area contributed by atoms with E-state index in [1.165, 1.54) is 12.2 Å². The molecule has 7 aliphatic rings. The van der Waals surface area contributed by atoms with E-state index in [-0.39, 0.29) is 39.3 Å². The van der Waals surface area contributed by atoms with Gasteiger partial charge in [0.2, 0.25) is 0 Å². The highest BCUT2D eigenvalue weighted by molar-refractivity contribution is 5.89. The van der Waals surface area contributed by atoms with Crippen LogP contribution in [-0.4, -0.2) is 61.5 Å². The number of hydrogen-bond donors (Lipinski definition) is 0. The highest BCUT2D eigenvalue weighted by Crippen LogP contribution is 2.62. The SMILES string of the molecule is CC1(C)c2ccc(cc2)OC(=O)C2(C)CC3(C)OC(=O)C=C(OCCOCCOC4=CC(=O)OC5(C)CC(C)(C(=O)Oc6ccc1cc6)C45)C32. The minimum Gasteiger partial charge on any atom is -0.495 e. The molecule has 6 unspecified atom stereocenters. The molecular weight excluding hydrogens is 644 g/mol. The van der Waals surface area contributed by atoms with Gasteiger partial charge in [-0.25, -0.2) is 9.59 Å². The number of carbonyl (C=O) groups is 4. The maximum atomic E-state index is 13.7. The Bertz CT molecular complexity index is 1680. The molecule has 5 aliphatic heterocycles. The lowest BCUT2D eigenvalue weighted by Crippen LogP contribution is -2.66. The molecule has 2 aromatic carbocycles. The normalized spacial score (nSPS) is 35.1. The number of esters is 4. The maximum Gasteiger partial charge on any atom is 0.334 e. The van der Waals surface area contributed by atoms with Crippen LogP contribution in [0.3, 0.4) is 0 Å². The summed E-state index contributed by atoms with van der Waals surface area (Å²) in [6.45, 7) is 11.9. The van der Waals surface area contributed by atoms with Crippen molar-refractivity contribution in [1.29, 1.82) is 0 Å². The molecule has 2 aromatic rings. The van der Waals surface area contributed by atoms with Crippen molar-refractivity contribution >= 4 is 23.9 Å². The zero-order chi connectivity index (χ0) is 35.7. The van der Waals surface area contributed by atoms with Crippen molar-refractivity contribution in [3.8, 4) is 11.5 Å². The van der Waals surface area contributed by atoms with Crippen molar-refractivity contribution < 1.29 is 52.3 Å². The number of ether oxygens (including phenoxy) is 7. The minimum atomic E-state index is -0.997. The van der Waals surface area contributed by atoms with Crippen LogP contribution in [-0.2, 0) is 48.3 Å². The van der Waals surface area contributed by atoms with Gasteiger partial charge < -0.3 is 33.2 Å². The highest BCUT2D eigenvalue weighted by Gasteiger charge is 2.70. The molecule has 0 saturated heterocycles. The van der Waals surface area contributed by atoms with E-state index in [9.17, 15) is 19.2 Å². The van der Waals surface area contributed by atoms with E-state index in [0.717, 1.165) is 11.1 Å². The van der Waals surface area contributed by atoms with Crippen molar-refractivity contribution in [3.05, 3.63) is 83.3 Å². The van der Waals surface area contributed by atoms with Crippen LogP contribution in [0.4, 0.5) is 0 Å². The minimum absolute atomic E-state index is 0.106.